The summed E-state index contributed by atoms with van der Waals surface area (Å²) in [5, 5.41) is 0. The zero-order valence-electron chi connectivity index (χ0n) is 39.7. The van der Waals surface area contributed by atoms with Crippen LogP contribution in [0.4, 0.5) is 0 Å². The Morgan fingerprint density at radius 3 is 0.658 bits per heavy atom. The first-order valence-corrected chi connectivity index (χ1v) is 24.8. The van der Waals surface area contributed by atoms with Gasteiger partial charge in [-0.15, -0.1) is 0 Å². The number of pyridine rings is 4. The van der Waals surface area contributed by atoms with Crippen LogP contribution in [0.1, 0.15) is 22.3 Å². The number of aromatic nitrogens is 4. The van der Waals surface area contributed by atoms with Crippen molar-refractivity contribution in [3.8, 4) is 111 Å². The highest BCUT2D eigenvalue weighted by Crippen LogP contribution is 2.65. The molecule has 0 unspecified atom stereocenters. The lowest BCUT2D eigenvalue weighted by atomic mass is 9.69. The highest BCUT2D eigenvalue weighted by Gasteiger charge is 2.52. The van der Waals surface area contributed by atoms with Gasteiger partial charge in [-0.1, -0.05) is 170 Å². The Morgan fingerprint density at radius 2 is 0.425 bits per heavy atom. The Hall–Kier alpha value is -9.64. The molecule has 0 bridgehead atoms. The Kier molecular flexibility index (Phi) is 10.0. The summed E-state index contributed by atoms with van der Waals surface area (Å²) in [6, 6.07) is 79.8. The zero-order valence-corrected chi connectivity index (χ0v) is 39.7. The molecular weight excluding hydrogens is 885 g/mol. The van der Waals surface area contributed by atoms with Gasteiger partial charge in [-0.25, -0.2) is 0 Å². The van der Waals surface area contributed by atoms with E-state index in [4.69, 9.17) is 0 Å². The highest BCUT2D eigenvalue weighted by atomic mass is 14.6. The second kappa shape index (κ2) is 17.3. The minimum Gasteiger partial charge on any atom is -0.264 e. The standard InChI is InChI=1S/C69H44N4/c1-5-13-45(14-6-1)61-41-70-33-29-53(61)49-21-25-57-58-26-22-50(54-30-34-71-42-62(54)46-15-7-2-8-16-46)38-66(58)69(65(57)37-49)67-39-51(55-31-35-72-43-63(55)47-17-9-3-10-18-47)23-27-59(67)60-28-24-52(40-68(60)69)56-32-36-73-44-64(56)48-19-11-4-12-20-48/h1-44H. The molecule has 0 fully saturated rings. The fourth-order valence-corrected chi connectivity index (χ4v) is 11.9. The van der Waals surface area contributed by atoms with Gasteiger partial charge >= 0.3 is 0 Å². The van der Waals surface area contributed by atoms with Crippen LogP contribution in [0.15, 0.2) is 268 Å². The maximum atomic E-state index is 4.67. The van der Waals surface area contributed by atoms with Gasteiger partial charge in [0.25, 0.3) is 0 Å². The molecule has 14 rings (SSSR count). The number of rotatable bonds is 8. The Morgan fingerprint density at radius 1 is 0.192 bits per heavy atom. The molecule has 4 aromatic heterocycles. The summed E-state index contributed by atoms with van der Waals surface area (Å²) in [6.45, 7) is 0. The van der Waals surface area contributed by atoms with E-state index in [9.17, 15) is 0 Å². The fourth-order valence-electron chi connectivity index (χ4n) is 11.9. The van der Waals surface area contributed by atoms with Gasteiger partial charge in [-0.05, 0) is 160 Å². The third-order valence-corrected chi connectivity index (χ3v) is 15.1. The smallest absolute Gasteiger partial charge is 0.0726 e. The molecule has 4 heterocycles. The van der Waals surface area contributed by atoms with Crippen LogP contribution in [0.2, 0.25) is 0 Å². The van der Waals surface area contributed by atoms with Gasteiger partial charge in [0.15, 0.2) is 0 Å². The summed E-state index contributed by atoms with van der Waals surface area (Å²) in [5.74, 6) is 0. The van der Waals surface area contributed by atoms with Crippen molar-refractivity contribution in [1.82, 2.24) is 19.9 Å². The predicted octanol–water partition coefficient (Wildman–Crippen LogP) is 16.9. The summed E-state index contributed by atoms with van der Waals surface area (Å²) in [5.41, 5.74) is 27.1. The minimum atomic E-state index is -0.757. The van der Waals surface area contributed by atoms with Crippen LogP contribution in [-0.2, 0) is 5.41 Å². The molecule has 0 saturated carbocycles. The Labute approximate surface area is 424 Å². The van der Waals surface area contributed by atoms with Gasteiger partial charge in [-0.2, -0.15) is 0 Å². The first-order chi connectivity index (χ1) is 36.2. The van der Waals surface area contributed by atoms with Crippen molar-refractivity contribution in [3.63, 3.8) is 0 Å². The second-order valence-corrected chi connectivity index (χ2v) is 18.9. The van der Waals surface area contributed by atoms with Crippen molar-refractivity contribution in [2.24, 2.45) is 0 Å². The number of nitrogens with zero attached hydrogens (tertiary/aromatic N) is 4. The van der Waals surface area contributed by atoms with Crippen molar-refractivity contribution in [1.29, 1.82) is 0 Å². The SMILES string of the molecule is c1ccc(-c2cnccc2-c2ccc3c(c2)C2(c4cc(-c5ccncc5-c5ccccc5)ccc4-3)c3cc(-c4ccncc4-c4ccccc4)ccc3-c3ccc(-c4ccncc4-c4ccccc4)cc32)cc1. The Bertz CT molecular complexity index is 3540. The molecule has 4 nitrogen and oxygen atoms in total. The second-order valence-electron chi connectivity index (χ2n) is 18.9. The van der Waals surface area contributed by atoms with Crippen molar-refractivity contribution < 1.29 is 0 Å². The van der Waals surface area contributed by atoms with Crippen molar-refractivity contribution in [2.75, 3.05) is 0 Å². The van der Waals surface area contributed by atoms with Gasteiger partial charge in [-0.3, -0.25) is 19.9 Å². The molecule has 2 aliphatic carbocycles. The van der Waals surface area contributed by atoms with Crippen LogP contribution in [0.3, 0.4) is 0 Å². The molecular formula is C69H44N4. The van der Waals surface area contributed by atoms with E-state index in [1.165, 1.54) is 44.5 Å². The average molecular weight is 929 g/mol. The van der Waals surface area contributed by atoms with E-state index in [0.29, 0.717) is 0 Å². The summed E-state index contributed by atoms with van der Waals surface area (Å²) < 4.78 is 0. The van der Waals surface area contributed by atoms with Gasteiger partial charge in [0.1, 0.15) is 0 Å². The predicted molar refractivity (Wildman–Crippen MR) is 297 cm³/mol. The molecule has 73 heavy (non-hydrogen) atoms. The molecule has 2 aliphatic rings. The largest absolute Gasteiger partial charge is 0.264 e. The minimum absolute atomic E-state index is 0.757. The van der Waals surface area contributed by atoms with E-state index in [1.807, 2.05) is 49.6 Å². The van der Waals surface area contributed by atoms with E-state index >= 15 is 0 Å². The van der Waals surface area contributed by atoms with E-state index in [0.717, 1.165) is 89.0 Å². The van der Waals surface area contributed by atoms with E-state index < -0.39 is 5.41 Å². The zero-order chi connectivity index (χ0) is 48.3. The van der Waals surface area contributed by atoms with Gasteiger partial charge in [0.05, 0.1) is 5.41 Å². The average Bonchev–Trinajstić information content (AvgIpc) is 3.98. The summed E-state index contributed by atoms with van der Waals surface area (Å²) in [4.78, 5) is 18.7. The van der Waals surface area contributed by atoms with Crippen molar-refractivity contribution >= 4 is 0 Å². The summed E-state index contributed by atoms with van der Waals surface area (Å²) >= 11 is 0. The quantitative estimate of drug-likeness (QED) is 0.152. The molecule has 0 saturated heterocycles. The lowest BCUT2D eigenvalue weighted by Gasteiger charge is -2.32. The normalized spacial score (nSPS) is 12.5. The number of hydrogen-bond acceptors (Lipinski definition) is 4. The van der Waals surface area contributed by atoms with Crippen LogP contribution in [0.25, 0.3) is 111 Å². The third kappa shape index (κ3) is 6.83. The summed E-state index contributed by atoms with van der Waals surface area (Å²) in [6.07, 6.45) is 15.7. The Balaban J connectivity index is 1.09. The molecule has 0 atom stereocenters. The van der Waals surface area contributed by atoms with Crippen LogP contribution in [0.5, 0.6) is 0 Å². The maximum Gasteiger partial charge on any atom is 0.0726 e. The topological polar surface area (TPSA) is 51.6 Å². The molecule has 12 aromatic rings. The molecule has 0 amide bonds. The summed E-state index contributed by atoms with van der Waals surface area (Å²) in [7, 11) is 0. The molecule has 0 radical (unpaired) electrons. The van der Waals surface area contributed by atoms with Gasteiger partial charge in [0.2, 0.25) is 0 Å². The van der Waals surface area contributed by atoms with Crippen LogP contribution >= 0.6 is 0 Å². The van der Waals surface area contributed by atoms with E-state index in [1.54, 1.807) is 0 Å². The highest BCUT2D eigenvalue weighted by molar-refractivity contribution is 6.00. The third-order valence-electron chi connectivity index (χ3n) is 15.1. The molecule has 0 N–H and O–H groups in total. The molecule has 1 spiro atoms. The van der Waals surface area contributed by atoms with Crippen LogP contribution in [0, 0.1) is 0 Å². The molecule has 4 heteroatoms. The first-order valence-electron chi connectivity index (χ1n) is 24.8. The van der Waals surface area contributed by atoms with E-state index in [2.05, 4.69) is 238 Å². The molecule has 340 valence electrons. The number of fused-ring (bicyclic) bond motifs is 10. The lowest BCUT2D eigenvalue weighted by molar-refractivity contribution is 0.795. The molecule has 8 aromatic carbocycles. The van der Waals surface area contributed by atoms with Crippen LogP contribution in [-0.4, -0.2) is 19.9 Å². The van der Waals surface area contributed by atoms with Gasteiger partial charge < -0.3 is 0 Å². The number of hydrogen-bond donors (Lipinski definition) is 0. The fraction of sp³-hybridized carbons (Fsp3) is 0.0145. The lowest BCUT2D eigenvalue weighted by Crippen LogP contribution is -2.26. The van der Waals surface area contributed by atoms with Gasteiger partial charge in [0, 0.05) is 71.8 Å². The van der Waals surface area contributed by atoms with Crippen LogP contribution < -0.4 is 0 Å². The first kappa shape index (κ1) is 42.3. The molecule has 0 aliphatic heterocycles. The van der Waals surface area contributed by atoms with Crippen molar-refractivity contribution in [2.45, 2.75) is 5.41 Å². The maximum absolute atomic E-state index is 4.67. The van der Waals surface area contributed by atoms with E-state index in [-0.39, 0.29) is 0 Å². The van der Waals surface area contributed by atoms with Crippen molar-refractivity contribution in [3.05, 3.63) is 290 Å². The number of benzene rings is 8. The monoisotopic (exact) mass is 928 g/mol.